The Balaban J connectivity index is 1.57. The Bertz CT molecular complexity index is 1330. The summed E-state index contributed by atoms with van der Waals surface area (Å²) in [4.78, 5) is 48.2. The van der Waals surface area contributed by atoms with Gasteiger partial charge in [0.15, 0.2) is 6.61 Å². The summed E-state index contributed by atoms with van der Waals surface area (Å²) in [5.74, 6) is -0.446. The van der Waals surface area contributed by atoms with Crippen LogP contribution in [0.1, 0.15) is 43.9 Å². The molecule has 4 rings (SSSR count). The van der Waals surface area contributed by atoms with E-state index in [1.54, 1.807) is 20.0 Å². The quantitative estimate of drug-likeness (QED) is 0.386. The van der Waals surface area contributed by atoms with Gasteiger partial charge in [0.1, 0.15) is 15.5 Å². The highest BCUT2D eigenvalue weighted by atomic mass is 32.1. The molecule has 0 radical (unpaired) electrons. The van der Waals surface area contributed by atoms with Crippen LogP contribution >= 0.6 is 11.3 Å². The fourth-order valence-electron chi connectivity index (χ4n) is 3.46. The molecule has 0 saturated carbocycles. The lowest BCUT2D eigenvalue weighted by atomic mass is 10.1. The molecule has 1 aromatic carbocycles. The van der Waals surface area contributed by atoms with E-state index in [1.165, 1.54) is 0 Å². The number of Topliss-reactive ketones (excluding diaryl/α,β-unsaturated/α-hetero) is 1. The Morgan fingerprint density at radius 3 is 2.79 bits per heavy atom. The number of hydrogen-bond donors (Lipinski definition) is 2. The van der Waals surface area contributed by atoms with E-state index in [4.69, 9.17) is 4.74 Å². The highest BCUT2D eigenvalue weighted by Gasteiger charge is 2.22. The minimum Gasteiger partial charge on any atom is -0.453 e. The number of carbonyl (C=O) groups excluding carboxylic acids is 2. The van der Waals surface area contributed by atoms with Gasteiger partial charge >= 0.3 is 5.97 Å². The second-order valence-electron chi connectivity index (χ2n) is 6.78. The molecule has 0 bridgehead atoms. The van der Waals surface area contributed by atoms with E-state index in [1.807, 2.05) is 25.1 Å². The monoisotopic (exact) mass is 409 g/mol. The SMILES string of the molecule is CCc1cccc2c(C(=O)COC(=O)c3sc4nc(C)[nH]c(=O)c4c3C)c[nH]c12. The first-order valence-corrected chi connectivity index (χ1v) is 10.0. The summed E-state index contributed by atoms with van der Waals surface area (Å²) in [6.07, 6.45) is 2.50. The molecule has 0 aliphatic carbocycles. The maximum absolute atomic E-state index is 12.6. The van der Waals surface area contributed by atoms with Crippen molar-refractivity contribution in [2.24, 2.45) is 0 Å². The van der Waals surface area contributed by atoms with Crippen LogP contribution in [0, 0.1) is 13.8 Å². The summed E-state index contributed by atoms with van der Waals surface area (Å²) in [6.45, 7) is 5.03. The molecule has 0 unspecified atom stereocenters. The summed E-state index contributed by atoms with van der Waals surface area (Å²) < 4.78 is 5.27. The lowest BCUT2D eigenvalue weighted by molar-refractivity contribution is 0.0479. The average Bonchev–Trinajstić information content (AvgIpc) is 3.27. The van der Waals surface area contributed by atoms with Crippen LogP contribution in [0.3, 0.4) is 0 Å². The maximum atomic E-state index is 12.6. The van der Waals surface area contributed by atoms with Gasteiger partial charge < -0.3 is 14.7 Å². The third-order valence-corrected chi connectivity index (χ3v) is 6.09. The van der Waals surface area contributed by atoms with Crippen LogP contribution in [0.15, 0.2) is 29.2 Å². The van der Waals surface area contributed by atoms with E-state index in [-0.39, 0.29) is 22.8 Å². The maximum Gasteiger partial charge on any atom is 0.349 e. The number of thiophene rings is 1. The fraction of sp³-hybridized carbons (Fsp3) is 0.238. The van der Waals surface area contributed by atoms with E-state index in [9.17, 15) is 14.4 Å². The number of H-pyrrole nitrogens is 2. The van der Waals surface area contributed by atoms with Crippen molar-refractivity contribution >= 4 is 44.2 Å². The van der Waals surface area contributed by atoms with Crippen molar-refractivity contribution < 1.29 is 14.3 Å². The zero-order valence-electron chi connectivity index (χ0n) is 16.2. The number of nitrogens with one attached hydrogen (secondary N) is 2. The number of ether oxygens (including phenoxy) is 1. The van der Waals surface area contributed by atoms with Gasteiger partial charge in [0.25, 0.3) is 5.56 Å². The number of esters is 1. The standard InChI is InChI=1S/C21H19N3O4S/c1-4-12-6-5-7-13-14(8-22-17(12)13)15(25)9-28-21(27)18-10(2)16-19(26)23-11(3)24-20(16)29-18/h5-8,22H,4,9H2,1-3H3,(H,23,24,26). The van der Waals surface area contributed by atoms with Crippen molar-refractivity contribution in [3.63, 3.8) is 0 Å². The van der Waals surface area contributed by atoms with Crippen molar-refractivity contribution in [1.29, 1.82) is 0 Å². The smallest absolute Gasteiger partial charge is 0.349 e. The predicted molar refractivity (Wildman–Crippen MR) is 112 cm³/mol. The highest BCUT2D eigenvalue weighted by Crippen LogP contribution is 2.28. The molecule has 0 saturated heterocycles. The molecular formula is C21H19N3O4S. The second kappa shape index (κ2) is 7.29. The lowest BCUT2D eigenvalue weighted by Crippen LogP contribution is -2.14. The molecule has 4 aromatic rings. The Morgan fingerprint density at radius 2 is 2.03 bits per heavy atom. The van der Waals surface area contributed by atoms with Gasteiger partial charge in [-0.25, -0.2) is 9.78 Å². The summed E-state index contributed by atoms with van der Waals surface area (Å²) in [5.41, 5.74) is 2.75. The van der Waals surface area contributed by atoms with Crippen molar-refractivity contribution in [2.45, 2.75) is 27.2 Å². The number of nitrogens with zero attached hydrogens (tertiary/aromatic N) is 1. The molecule has 3 heterocycles. The third-order valence-electron chi connectivity index (χ3n) is 4.92. The fourth-order valence-corrected chi connectivity index (χ4v) is 4.58. The molecule has 148 valence electrons. The molecule has 29 heavy (non-hydrogen) atoms. The third kappa shape index (κ3) is 3.25. The van der Waals surface area contributed by atoms with Crippen molar-refractivity contribution in [3.8, 4) is 0 Å². The van der Waals surface area contributed by atoms with E-state index < -0.39 is 5.97 Å². The Morgan fingerprint density at radius 1 is 1.24 bits per heavy atom. The molecule has 3 aromatic heterocycles. The Hall–Kier alpha value is -3.26. The summed E-state index contributed by atoms with van der Waals surface area (Å²) in [5, 5.41) is 1.19. The molecule has 0 atom stereocenters. The van der Waals surface area contributed by atoms with Crippen molar-refractivity contribution in [2.75, 3.05) is 6.61 Å². The molecular weight excluding hydrogens is 390 g/mol. The van der Waals surface area contributed by atoms with Crippen LogP contribution in [0.2, 0.25) is 0 Å². The second-order valence-corrected chi connectivity index (χ2v) is 7.78. The van der Waals surface area contributed by atoms with Gasteiger partial charge in [-0.15, -0.1) is 11.3 Å². The molecule has 2 N–H and O–H groups in total. The van der Waals surface area contributed by atoms with Crippen LogP contribution in [0.5, 0.6) is 0 Å². The average molecular weight is 409 g/mol. The molecule has 7 nitrogen and oxygen atoms in total. The first-order chi connectivity index (χ1) is 13.9. The zero-order valence-corrected chi connectivity index (χ0v) is 17.0. The zero-order chi connectivity index (χ0) is 20.7. The van der Waals surface area contributed by atoms with Gasteiger partial charge in [-0.3, -0.25) is 9.59 Å². The van der Waals surface area contributed by atoms with Gasteiger partial charge in [0, 0.05) is 22.7 Å². The van der Waals surface area contributed by atoms with Crippen LogP contribution in [0.4, 0.5) is 0 Å². The van der Waals surface area contributed by atoms with E-state index in [2.05, 4.69) is 15.0 Å². The molecule has 0 aliphatic heterocycles. The number of carbonyl (C=O) groups is 2. The van der Waals surface area contributed by atoms with Gasteiger partial charge in [-0.05, 0) is 31.4 Å². The number of para-hydroxylation sites is 1. The number of benzene rings is 1. The normalized spacial score (nSPS) is 11.3. The van der Waals surface area contributed by atoms with Gasteiger partial charge in [0.2, 0.25) is 5.78 Å². The first-order valence-electron chi connectivity index (χ1n) is 9.20. The van der Waals surface area contributed by atoms with Gasteiger partial charge in [-0.2, -0.15) is 0 Å². The molecule has 8 heteroatoms. The van der Waals surface area contributed by atoms with Crippen molar-refractivity contribution in [3.05, 3.63) is 62.1 Å². The number of rotatable bonds is 5. The summed E-state index contributed by atoms with van der Waals surface area (Å²) in [7, 11) is 0. The van der Waals surface area contributed by atoms with Crippen LogP contribution < -0.4 is 5.56 Å². The minimum atomic E-state index is -0.634. The lowest BCUT2D eigenvalue weighted by Gasteiger charge is -2.04. The predicted octanol–water partition coefficient (Wildman–Crippen LogP) is 3.68. The van der Waals surface area contributed by atoms with Gasteiger partial charge in [-0.1, -0.05) is 25.1 Å². The number of ketones is 1. The number of hydrogen-bond acceptors (Lipinski definition) is 6. The van der Waals surface area contributed by atoms with E-state index in [0.29, 0.717) is 27.2 Å². The number of aryl methyl sites for hydroxylation is 3. The minimum absolute atomic E-state index is 0.281. The van der Waals surface area contributed by atoms with Crippen LogP contribution in [0.25, 0.3) is 21.1 Å². The summed E-state index contributed by atoms with van der Waals surface area (Å²) >= 11 is 1.09. The van der Waals surface area contributed by atoms with E-state index in [0.717, 1.165) is 34.2 Å². The van der Waals surface area contributed by atoms with Crippen LogP contribution in [-0.4, -0.2) is 33.3 Å². The molecule has 0 fully saturated rings. The van der Waals surface area contributed by atoms with E-state index >= 15 is 0 Å². The Kier molecular flexibility index (Phi) is 4.79. The summed E-state index contributed by atoms with van der Waals surface area (Å²) in [6, 6.07) is 5.79. The Labute approximate surface area is 169 Å². The van der Waals surface area contributed by atoms with Crippen LogP contribution in [-0.2, 0) is 11.2 Å². The van der Waals surface area contributed by atoms with Crippen molar-refractivity contribution in [1.82, 2.24) is 15.0 Å². The first kappa shape index (κ1) is 19.1. The molecule has 0 amide bonds. The molecule has 0 aliphatic rings. The molecule has 0 spiro atoms. The highest BCUT2D eigenvalue weighted by molar-refractivity contribution is 7.20. The number of aromatic nitrogens is 3. The topological polar surface area (TPSA) is 105 Å². The largest absolute Gasteiger partial charge is 0.453 e. The number of fused-ring (bicyclic) bond motifs is 2. The number of aromatic amines is 2. The van der Waals surface area contributed by atoms with Gasteiger partial charge in [0.05, 0.1) is 5.39 Å².